The van der Waals surface area contributed by atoms with Crippen molar-refractivity contribution in [3.05, 3.63) is 59.2 Å². The summed E-state index contributed by atoms with van der Waals surface area (Å²) in [5, 5.41) is 23.5. The van der Waals surface area contributed by atoms with Gasteiger partial charge in [0, 0.05) is 18.5 Å². The summed E-state index contributed by atoms with van der Waals surface area (Å²) in [6.45, 7) is 5.60. The average molecular weight is 484 g/mol. The largest absolute Gasteiger partial charge is 0.504 e. The molecular formula is C29H41NO5. The van der Waals surface area contributed by atoms with Gasteiger partial charge in [-0.05, 0) is 67.1 Å². The highest BCUT2D eigenvalue weighted by Gasteiger charge is 2.14. The minimum atomic E-state index is 0.0775. The molecular weight excluding hydrogens is 442 g/mol. The molecule has 2 aromatic rings. The summed E-state index contributed by atoms with van der Waals surface area (Å²) in [4.78, 5) is 12.6. The number of unbranched alkanes of at least 4 members (excludes halogenated alkanes) is 2. The average Bonchev–Trinajstić information content (AvgIpc) is 2.86. The van der Waals surface area contributed by atoms with Crippen LogP contribution in [-0.4, -0.2) is 36.8 Å². The van der Waals surface area contributed by atoms with Crippen LogP contribution in [0.1, 0.15) is 62.6 Å². The lowest BCUT2D eigenvalue weighted by Gasteiger charge is -2.16. The molecule has 0 aromatic heterocycles. The van der Waals surface area contributed by atoms with Crippen molar-refractivity contribution < 1.29 is 24.5 Å². The monoisotopic (exact) mass is 483 g/mol. The summed E-state index contributed by atoms with van der Waals surface area (Å²) in [6.07, 6.45) is 9.92. The maximum absolute atomic E-state index is 12.6. The molecule has 0 heterocycles. The topological polar surface area (TPSA) is 88.0 Å². The second kappa shape index (κ2) is 15.1. The van der Waals surface area contributed by atoms with E-state index >= 15 is 0 Å². The molecule has 35 heavy (non-hydrogen) atoms. The fourth-order valence-electron chi connectivity index (χ4n) is 4.09. The van der Waals surface area contributed by atoms with E-state index in [-0.39, 0.29) is 23.2 Å². The number of ether oxygens (including phenoxy) is 2. The summed E-state index contributed by atoms with van der Waals surface area (Å²) in [7, 11) is 3.08. The van der Waals surface area contributed by atoms with E-state index in [0.717, 1.165) is 55.3 Å². The van der Waals surface area contributed by atoms with Crippen LogP contribution in [0.3, 0.4) is 0 Å². The summed E-state index contributed by atoms with van der Waals surface area (Å²) in [5.41, 5.74) is 2.85. The fourth-order valence-corrected chi connectivity index (χ4v) is 4.09. The Kier molecular flexibility index (Phi) is 12.2. The van der Waals surface area contributed by atoms with E-state index < -0.39 is 0 Å². The lowest BCUT2D eigenvalue weighted by atomic mass is 9.91. The summed E-state index contributed by atoms with van der Waals surface area (Å²) in [6, 6.07) is 9.09. The van der Waals surface area contributed by atoms with Gasteiger partial charge in [-0.2, -0.15) is 0 Å². The van der Waals surface area contributed by atoms with Gasteiger partial charge in [-0.15, -0.1) is 0 Å². The number of hydrogen-bond donors (Lipinski definition) is 3. The minimum absolute atomic E-state index is 0.0775. The zero-order chi connectivity index (χ0) is 25.6. The Morgan fingerprint density at radius 1 is 1.03 bits per heavy atom. The third-order valence-corrected chi connectivity index (χ3v) is 6.13. The first-order valence-electron chi connectivity index (χ1n) is 12.6. The van der Waals surface area contributed by atoms with Gasteiger partial charge in [-0.25, -0.2) is 0 Å². The van der Waals surface area contributed by atoms with Crippen LogP contribution in [0, 0.1) is 5.92 Å². The number of carbonyl (C=O) groups is 1. The highest BCUT2D eigenvalue weighted by molar-refractivity contribution is 5.89. The molecule has 0 aliphatic carbocycles. The zero-order valence-electron chi connectivity index (χ0n) is 21.6. The van der Waals surface area contributed by atoms with Gasteiger partial charge in [0.15, 0.2) is 28.8 Å². The molecule has 0 fully saturated rings. The second-order valence-electron chi connectivity index (χ2n) is 8.88. The number of hydrogen-bond acceptors (Lipinski definition) is 6. The van der Waals surface area contributed by atoms with Crippen LogP contribution < -0.4 is 14.8 Å². The van der Waals surface area contributed by atoms with Crippen molar-refractivity contribution in [2.75, 3.05) is 20.8 Å². The number of phenolic OH excluding ortho intramolecular Hbond substituents is 2. The molecule has 3 N–H and O–H groups in total. The van der Waals surface area contributed by atoms with Gasteiger partial charge in [0.1, 0.15) is 0 Å². The quantitative estimate of drug-likeness (QED) is 0.209. The molecule has 0 radical (unpaired) electrons. The SMILES string of the molecule is CCCCCC(C=CC(=O)CCc1ccc(O)c(OC)c1)Cc1cc(CNCC)c(O)c(OC)c1. The number of nitrogens with one attached hydrogen (secondary N) is 1. The molecule has 1 atom stereocenters. The van der Waals surface area contributed by atoms with Crippen LogP contribution in [0.2, 0.25) is 0 Å². The number of carbonyl (C=O) groups excluding carboxylic acids is 1. The van der Waals surface area contributed by atoms with Crippen molar-refractivity contribution in [3.63, 3.8) is 0 Å². The van der Waals surface area contributed by atoms with Gasteiger partial charge >= 0.3 is 0 Å². The van der Waals surface area contributed by atoms with Crippen molar-refractivity contribution in [1.29, 1.82) is 0 Å². The van der Waals surface area contributed by atoms with Gasteiger partial charge in [0.2, 0.25) is 0 Å². The Bertz CT molecular complexity index is 970. The molecule has 0 aliphatic heterocycles. The predicted molar refractivity (Wildman–Crippen MR) is 141 cm³/mol. The second-order valence-corrected chi connectivity index (χ2v) is 8.88. The highest BCUT2D eigenvalue weighted by atomic mass is 16.5. The molecule has 2 rings (SSSR count). The number of rotatable bonds is 16. The van der Waals surface area contributed by atoms with Crippen LogP contribution in [-0.2, 0) is 24.2 Å². The van der Waals surface area contributed by atoms with Gasteiger partial charge in [-0.3, -0.25) is 4.79 Å². The first kappa shape index (κ1) is 28.2. The van der Waals surface area contributed by atoms with E-state index in [1.807, 2.05) is 31.2 Å². The van der Waals surface area contributed by atoms with Crippen molar-refractivity contribution in [1.82, 2.24) is 5.32 Å². The van der Waals surface area contributed by atoms with Crippen LogP contribution >= 0.6 is 0 Å². The van der Waals surface area contributed by atoms with Crippen LogP contribution in [0.25, 0.3) is 0 Å². The van der Waals surface area contributed by atoms with Crippen molar-refractivity contribution in [2.45, 2.75) is 65.3 Å². The van der Waals surface area contributed by atoms with E-state index in [0.29, 0.717) is 30.9 Å². The lowest BCUT2D eigenvalue weighted by molar-refractivity contribution is -0.114. The zero-order valence-corrected chi connectivity index (χ0v) is 21.6. The van der Waals surface area contributed by atoms with Gasteiger partial charge in [-0.1, -0.05) is 51.3 Å². The Morgan fingerprint density at radius 2 is 1.77 bits per heavy atom. The molecule has 0 saturated heterocycles. The maximum atomic E-state index is 12.6. The molecule has 0 saturated carbocycles. The molecule has 0 bridgehead atoms. The number of benzene rings is 2. The Labute approximate surface area is 210 Å². The normalized spacial score (nSPS) is 12.1. The summed E-state index contributed by atoms with van der Waals surface area (Å²) >= 11 is 0. The molecule has 0 amide bonds. The maximum Gasteiger partial charge on any atom is 0.162 e. The fraction of sp³-hybridized carbons (Fsp3) is 0.483. The lowest BCUT2D eigenvalue weighted by Crippen LogP contribution is -2.13. The van der Waals surface area contributed by atoms with E-state index in [1.165, 1.54) is 7.11 Å². The number of phenols is 2. The molecule has 1 unspecified atom stereocenters. The number of methoxy groups -OCH3 is 2. The molecule has 2 aromatic carbocycles. The summed E-state index contributed by atoms with van der Waals surface area (Å²) in [5.74, 6) is 1.47. The standard InChI is InChI=1S/C29H41NO5/c1-5-7-8-9-21(16-23-17-24(20-30-6-2)29(33)28(19-23)35-4)10-13-25(31)14-11-22-12-15-26(32)27(18-22)34-3/h10,12-13,15,17-19,21,30,32-33H,5-9,11,14,16,20H2,1-4H3. The van der Waals surface area contributed by atoms with E-state index in [9.17, 15) is 15.0 Å². The predicted octanol–water partition coefficient (Wildman–Crippen LogP) is 5.72. The van der Waals surface area contributed by atoms with Gasteiger partial charge in [0.25, 0.3) is 0 Å². The third kappa shape index (κ3) is 9.29. The number of aromatic hydroxyl groups is 2. The van der Waals surface area contributed by atoms with Gasteiger partial charge < -0.3 is 25.0 Å². The highest BCUT2D eigenvalue weighted by Crippen LogP contribution is 2.33. The van der Waals surface area contributed by atoms with Crippen molar-refractivity contribution >= 4 is 5.78 Å². The molecule has 0 spiro atoms. The number of aryl methyl sites for hydroxylation is 1. The number of ketones is 1. The van der Waals surface area contributed by atoms with Crippen LogP contribution in [0.4, 0.5) is 0 Å². The first-order valence-corrected chi connectivity index (χ1v) is 12.6. The molecule has 192 valence electrons. The summed E-state index contributed by atoms with van der Waals surface area (Å²) < 4.78 is 10.6. The Morgan fingerprint density at radius 3 is 2.46 bits per heavy atom. The van der Waals surface area contributed by atoms with E-state index in [2.05, 4.69) is 12.2 Å². The third-order valence-electron chi connectivity index (χ3n) is 6.13. The molecule has 0 aliphatic rings. The van der Waals surface area contributed by atoms with Gasteiger partial charge in [0.05, 0.1) is 14.2 Å². The Balaban J connectivity index is 2.09. The first-order chi connectivity index (χ1) is 16.9. The van der Waals surface area contributed by atoms with E-state index in [4.69, 9.17) is 9.47 Å². The molecule has 6 heteroatoms. The van der Waals surface area contributed by atoms with E-state index in [1.54, 1.807) is 25.3 Å². The van der Waals surface area contributed by atoms with Crippen molar-refractivity contribution in [3.8, 4) is 23.0 Å². The van der Waals surface area contributed by atoms with Crippen molar-refractivity contribution in [2.24, 2.45) is 5.92 Å². The minimum Gasteiger partial charge on any atom is -0.504 e. The smallest absolute Gasteiger partial charge is 0.162 e. The Hall–Kier alpha value is -2.99. The number of allylic oxidation sites excluding steroid dienone is 2. The van der Waals surface area contributed by atoms with Crippen LogP contribution in [0.15, 0.2) is 42.5 Å². The van der Waals surface area contributed by atoms with Crippen LogP contribution in [0.5, 0.6) is 23.0 Å². The molecule has 6 nitrogen and oxygen atoms in total.